The third-order valence-electron chi connectivity index (χ3n) is 3.92. The Bertz CT molecular complexity index is 538. The molecule has 0 aliphatic carbocycles. The number of nitrogens with zero attached hydrogens (tertiary/aromatic N) is 1. The van der Waals surface area contributed by atoms with Crippen LogP contribution < -0.4 is 15.4 Å². The Balaban J connectivity index is 2.31. The van der Waals surface area contributed by atoms with Gasteiger partial charge in [-0.25, -0.2) is 0 Å². The van der Waals surface area contributed by atoms with E-state index >= 15 is 0 Å². The van der Waals surface area contributed by atoms with Crippen molar-refractivity contribution in [2.45, 2.75) is 52.6 Å². The molecule has 122 valence electrons. The number of aryl methyl sites for hydroxylation is 1. The van der Waals surface area contributed by atoms with Crippen molar-refractivity contribution in [1.29, 1.82) is 0 Å². The second kappa shape index (κ2) is 6.69. The number of ether oxygens (including phenoxy) is 1. The molecule has 0 radical (unpaired) electrons. The van der Waals surface area contributed by atoms with Crippen molar-refractivity contribution >= 4 is 11.6 Å². The topological polar surface area (TPSA) is 55.6 Å². The molecule has 22 heavy (non-hydrogen) atoms. The zero-order chi connectivity index (χ0) is 16.3. The second-order valence-electron chi connectivity index (χ2n) is 6.99. The summed E-state index contributed by atoms with van der Waals surface area (Å²) < 4.78 is 6.05. The fourth-order valence-electron chi connectivity index (χ4n) is 2.79. The number of carbonyl (C=O) groups is 1. The van der Waals surface area contributed by atoms with Crippen LogP contribution in [0.4, 0.5) is 5.69 Å². The highest BCUT2D eigenvalue weighted by molar-refractivity contribution is 5.96. The molecule has 0 fully saturated rings. The predicted octanol–water partition coefficient (Wildman–Crippen LogP) is 3.13. The van der Waals surface area contributed by atoms with Crippen LogP contribution in [0.2, 0.25) is 0 Å². The number of hydrogen-bond donors (Lipinski definition) is 1. The van der Waals surface area contributed by atoms with E-state index in [-0.39, 0.29) is 17.4 Å². The molecule has 2 N–H and O–H groups in total. The van der Waals surface area contributed by atoms with Crippen molar-refractivity contribution in [2.24, 2.45) is 11.7 Å². The van der Waals surface area contributed by atoms with Crippen molar-refractivity contribution in [2.75, 3.05) is 18.0 Å². The van der Waals surface area contributed by atoms with Gasteiger partial charge in [0.25, 0.3) is 0 Å². The first-order valence-corrected chi connectivity index (χ1v) is 8.17. The van der Waals surface area contributed by atoms with Crippen molar-refractivity contribution < 1.29 is 9.53 Å². The van der Waals surface area contributed by atoms with Crippen LogP contribution in [0.1, 0.15) is 46.1 Å². The lowest BCUT2D eigenvalue weighted by atomic mass is 10.0. The SMILES string of the molecule is CC(C)C(=O)N1CC(C)(C)Oc2ccc(CCCCN)cc21. The van der Waals surface area contributed by atoms with Gasteiger partial charge in [0.15, 0.2) is 0 Å². The maximum atomic E-state index is 12.6. The van der Waals surface area contributed by atoms with Gasteiger partial charge in [-0.2, -0.15) is 0 Å². The Kier molecular flexibility index (Phi) is 5.12. The van der Waals surface area contributed by atoms with E-state index in [0.717, 1.165) is 37.2 Å². The first-order valence-electron chi connectivity index (χ1n) is 8.17. The molecule has 0 bridgehead atoms. The fraction of sp³-hybridized carbons (Fsp3) is 0.611. The molecular weight excluding hydrogens is 276 g/mol. The molecule has 1 amide bonds. The molecule has 0 saturated heterocycles. The Morgan fingerprint density at radius 1 is 1.36 bits per heavy atom. The molecule has 0 saturated carbocycles. The summed E-state index contributed by atoms with van der Waals surface area (Å²) in [7, 11) is 0. The highest BCUT2D eigenvalue weighted by atomic mass is 16.5. The number of carbonyl (C=O) groups excluding carboxylic acids is 1. The third-order valence-corrected chi connectivity index (χ3v) is 3.92. The van der Waals surface area contributed by atoms with Crippen molar-refractivity contribution in [3.63, 3.8) is 0 Å². The van der Waals surface area contributed by atoms with Gasteiger partial charge >= 0.3 is 0 Å². The zero-order valence-corrected chi connectivity index (χ0v) is 14.2. The summed E-state index contributed by atoms with van der Waals surface area (Å²) >= 11 is 0. The lowest BCUT2D eigenvalue weighted by Crippen LogP contribution is -2.50. The largest absolute Gasteiger partial charge is 0.484 e. The standard InChI is InChI=1S/C18H28N2O2/c1-13(2)17(21)20-12-18(3,4)22-16-9-8-14(11-15(16)20)7-5-6-10-19/h8-9,11,13H,5-7,10,12,19H2,1-4H3. The average Bonchev–Trinajstić information content (AvgIpc) is 2.45. The van der Waals surface area contributed by atoms with Gasteiger partial charge in [0.2, 0.25) is 5.91 Å². The Morgan fingerprint density at radius 2 is 2.09 bits per heavy atom. The molecule has 0 unspecified atom stereocenters. The van der Waals surface area contributed by atoms with E-state index in [4.69, 9.17) is 10.5 Å². The molecule has 0 spiro atoms. The highest BCUT2D eigenvalue weighted by Crippen LogP contribution is 2.38. The van der Waals surface area contributed by atoms with Crippen LogP contribution in [0.5, 0.6) is 5.75 Å². The van der Waals surface area contributed by atoms with Gasteiger partial charge in [0, 0.05) is 5.92 Å². The summed E-state index contributed by atoms with van der Waals surface area (Å²) in [6.07, 6.45) is 3.08. The number of amides is 1. The van der Waals surface area contributed by atoms with Crippen molar-refractivity contribution in [3.05, 3.63) is 23.8 Å². The monoisotopic (exact) mass is 304 g/mol. The van der Waals surface area contributed by atoms with E-state index in [9.17, 15) is 4.79 Å². The van der Waals surface area contributed by atoms with Gasteiger partial charge in [0.05, 0.1) is 12.2 Å². The molecule has 1 heterocycles. The Hall–Kier alpha value is -1.55. The maximum Gasteiger partial charge on any atom is 0.229 e. The van der Waals surface area contributed by atoms with Gasteiger partial charge in [-0.05, 0) is 57.4 Å². The number of benzene rings is 1. The number of nitrogens with two attached hydrogens (primary N) is 1. The van der Waals surface area contributed by atoms with Gasteiger partial charge in [0.1, 0.15) is 11.4 Å². The van der Waals surface area contributed by atoms with Crippen LogP contribution in [0.3, 0.4) is 0 Å². The van der Waals surface area contributed by atoms with E-state index in [0.29, 0.717) is 6.54 Å². The third kappa shape index (κ3) is 3.80. The molecular formula is C18H28N2O2. The van der Waals surface area contributed by atoms with E-state index in [2.05, 4.69) is 12.1 Å². The molecule has 1 aromatic rings. The highest BCUT2D eigenvalue weighted by Gasteiger charge is 2.35. The molecule has 1 aliphatic rings. The smallest absolute Gasteiger partial charge is 0.229 e. The quantitative estimate of drug-likeness (QED) is 0.850. The summed E-state index contributed by atoms with van der Waals surface area (Å²) in [5.41, 5.74) is 7.33. The second-order valence-corrected chi connectivity index (χ2v) is 6.99. The predicted molar refractivity (Wildman–Crippen MR) is 90.3 cm³/mol. The average molecular weight is 304 g/mol. The van der Waals surface area contributed by atoms with Crippen LogP contribution in [0.25, 0.3) is 0 Å². The normalized spacial score (nSPS) is 16.4. The minimum Gasteiger partial charge on any atom is -0.484 e. The zero-order valence-electron chi connectivity index (χ0n) is 14.2. The van der Waals surface area contributed by atoms with Gasteiger partial charge in [-0.1, -0.05) is 19.9 Å². The fourth-order valence-corrected chi connectivity index (χ4v) is 2.79. The lowest BCUT2D eigenvalue weighted by Gasteiger charge is -2.40. The maximum absolute atomic E-state index is 12.6. The van der Waals surface area contributed by atoms with Gasteiger partial charge in [-0.3, -0.25) is 4.79 Å². The lowest BCUT2D eigenvalue weighted by molar-refractivity contribution is -0.122. The van der Waals surface area contributed by atoms with Crippen LogP contribution in [0, 0.1) is 5.92 Å². The summed E-state index contributed by atoms with van der Waals surface area (Å²) in [6.45, 7) is 9.23. The number of unbranched alkanes of at least 4 members (excludes halogenated alkanes) is 1. The van der Waals surface area contributed by atoms with Crippen molar-refractivity contribution in [3.8, 4) is 5.75 Å². The van der Waals surface area contributed by atoms with Crippen LogP contribution in [-0.2, 0) is 11.2 Å². The Morgan fingerprint density at radius 3 is 2.73 bits per heavy atom. The summed E-state index contributed by atoms with van der Waals surface area (Å²) in [5, 5.41) is 0. The van der Waals surface area contributed by atoms with Crippen LogP contribution in [-0.4, -0.2) is 24.6 Å². The van der Waals surface area contributed by atoms with E-state index in [1.807, 2.05) is 38.7 Å². The van der Waals surface area contributed by atoms with Crippen LogP contribution >= 0.6 is 0 Å². The molecule has 0 aromatic heterocycles. The molecule has 0 atom stereocenters. The summed E-state index contributed by atoms with van der Waals surface area (Å²) in [6, 6.07) is 6.19. The first kappa shape index (κ1) is 16.8. The molecule has 1 aliphatic heterocycles. The van der Waals surface area contributed by atoms with Gasteiger partial charge < -0.3 is 15.4 Å². The summed E-state index contributed by atoms with van der Waals surface area (Å²) in [4.78, 5) is 14.5. The van der Waals surface area contributed by atoms with E-state index in [1.54, 1.807) is 0 Å². The first-order chi connectivity index (χ1) is 10.3. The number of anilines is 1. The molecule has 4 heteroatoms. The summed E-state index contributed by atoms with van der Waals surface area (Å²) in [5.74, 6) is 0.923. The van der Waals surface area contributed by atoms with E-state index < -0.39 is 0 Å². The minimum atomic E-state index is -0.362. The van der Waals surface area contributed by atoms with Gasteiger partial charge in [-0.15, -0.1) is 0 Å². The molecule has 2 rings (SSSR count). The molecule has 1 aromatic carbocycles. The number of rotatable bonds is 5. The van der Waals surface area contributed by atoms with E-state index in [1.165, 1.54) is 5.56 Å². The Labute approximate surface area is 133 Å². The molecule has 4 nitrogen and oxygen atoms in total. The number of hydrogen-bond acceptors (Lipinski definition) is 3. The van der Waals surface area contributed by atoms with Crippen LogP contribution in [0.15, 0.2) is 18.2 Å². The van der Waals surface area contributed by atoms with Crippen molar-refractivity contribution in [1.82, 2.24) is 0 Å². The minimum absolute atomic E-state index is 0.0253. The number of fused-ring (bicyclic) bond motifs is 1.